The Kier molecular flexibility index (Phi) is 5.01. The summed E-state index contributed by atoms with van der Waals surface area (Å²) in [6, 6.07) is 8.10. The Balaban J connectivity index is 2.49. The first-order valence-corrected chi connectivity index (χ1v) is 5.69. The van der Waals surface area contributed by atoms with Gasteiger partial charge in [-0.3, -0.25) is 0 Å². The van der Waals surface area contributed by atoms with E-state index in [1.807, 2.05) is 30.5 Å². The van der Waals surface area contributed by atoms with Gasteiger partial charge in [-0.25, -0.2) is 0 Å². The molecule has 0 bridgehead atoms. The molecule has 1 aromatic carbocycles. The lowest BCUT2D eigenvalue weighted by Gasteiger charge is -1.98. The van der Waals surface area contributed by atoms with Crippen LogP contribution in [-0.4, -0.2) is 6.61 Å². The van der Waals surface area contributed by atoms with Gasteiger partial charge in [-0.1, -0.05) is 23.9 Å². The first-order chi connectivity index (χ1) is 6.34. The molecule has 0 unspecified atom stereocenters. The first-order valence-electron chi connectivity index (χ1n) is 4.02. The lowest BCUT2D eigenvalue weighted by atomic mass is 10.4. The summed E-state index contributed by atoms with van der Waals surface area (Å²) in [5.74, 6) is 0. The zero-order chi connectivity index (χ0) is 9.52. The summed E-state index contributed by atoms with van der Waals surface area (Å²) in [6.07, 6.45) is 1.71. The maximum Gasteiger partial charge on any atom is 0.0895 e. The Morgan fingerprint density at radius 2 is 2.23 bits per heavy atom. The molecule has 0 atom stereocenters. The molecule has 1 rings (SSSR count). The summed E-state index contributed by atoms with van der Waals surface area (Å²) >= 11 is 5.10. The van der Waals surface area contributed by atoms with Crippen LogP contribution in [0.15, 0.2) is 45.3 Å². The lowest BCUT2D eigenvalue weighted by molar-refractivity contribution is 0.270. The van der Waals surface area contributed by atoms with Gasteiger partial charge in [0.1, 0.15) is 0 Å². The predicted octanol–water partition coefficient (Wildman–Crippen LogP) is 4.05. The zero-order valence-electron chi connectivity index (χ0n) is 7.37. The molecule has 0 N–H and O–H groups in total. The summed E-state index contributed by atoms with van der Waals surface area (Å²) in [5, 5.41) is 1.93. The maximum absolute atomic E-state index is 5.08. The van der Waals surface area contributed by atoms with Gasteiger partial charge in [-0.05, 0) is 35.0 Å². The van der Waals surface area contributed by atoms with Crippen molar-refractivity contribution in [2.45, 2.75) is 11.8 Å². The van der Waals surface area contributed by atoms with Crippen LogP contribution in [0.4, 0.5) is 0 Å². The van der Waals surface area contributed by atoms with E-state index in [9.17, 15) is 0 Å². The van der Waals surface area contributed by atoms with Crippen molar-refractivity contribution >= 4 is 27.7 Å². The minimum atomic E-state index is 0.715. The van der Waals surface area contributed by atoms with Gasteiger partial charge in [0, 0.05) is 14.8 Å². The van der Waals surface area contributed by atoms with Gasteiger partial charge >= 0.3 is 0 Å². The third-order valence-corrected chi connectivity index (χ3v) is 3.16. The molecule has 0 aromatic heterocycles. The van der Waals surface area contributed by atoms with E-state index in [2.05, 4.69) is 22.0 Å². The highest BCUT2D eigenvalue weighted by Crippen LogP contribution is 2.27. The highest BCUT2D eigenvalue weighted by atomic mass is 79.9. The van der Waals surface area contributed by atoms with Crippen molar-refractivity contribution in [1.29, 1.82) is 0 Å². The Morgan fingerprint density at radius 3 is 2.92 bits per heavy atom. The summed E-state index contributed by atoms with van der Waals surface area (Å²) in [4.78, 5) is 1.19. The molecule has 0 radical (unpaired) electrons. The van der Waals surface area contributed by atoms with E-state index in [4.69, 9.17) is 4.74 Å². The molecule has 0 aliphatic heterocycles. The van der Waals surface area contributed by atoms with Crippen molar-refractivity contribution < 1.29 is 4.74 Å². The van der Waals surface area contributed by atoms with E-state index in [0.717, 1.165) is 4.47 Å². The molecule has 0 spiro atoms. The molecule has 0 saturated heterocycles. The van der Waals surface area contributed by atoms with Gasteiger partial charge in [-0.2, -0.15) is 0 Å². The smallest absolute Gasteiger partial charge is 0.0895 e. The molecular weight excluding hydrogens is 248 g/mol. The fourth-order valence-corrected chi connectivity index (χ4v) is 1.96. The zero-order valence-corrected chi connectivity index (χ0v) is 9.77. The molecular formula is C10H11BrOS. The lowest BCUT2D eigenvalue weighted by Crippen LogP contribution is -1.75. The highest BCUT2D eigenvalue weighted by molar-refractivity contribution is 9.10. The number of rotatable bonds is 4. The van der Waals surface area contributed by atoms with E-state index in [1.54, 1.807) is 18.0 Å². The number of ether oxygens (including phenoxy) is 1. The summed E-state index contributed by atoms with van der Waals surface area (Å²) in [6.45, 7) is 2.68. The molecule has 1 nitrogen and oxygen atoms in total. The predicted molar refractivity (Wildman–Crippen MR) is 60.8 cm³/mol. The first kappa shape index (κ1) is 10.7. The average Bonchev–Trinajstić information content (AvgIpc) is 2.15. The highest BCUT2D eigenvalue weighted by Gasteiger charge is 1.94. The van der Waals surface area contributed by atoms with Gasteiger partial charge in [-0.15, -0.1) is 0 Å². The van der Waals surface area contributed by atoms with Gasteiger partial charge in [0.2, 0.25) is 0 Å². The largest absolute Gasteiger partial charge is 0.501 e. The van der Waals surface area contributed by atoms with Gasteiger partial charge in [0.05, 0.1) is 12.9 Å². The molecule has 0 saturated carbocycles. The van der Waals surface area contributed by atoms with E-state index < -0.39 is 0 Å². The molecule has 0 heterocycles. The van der Waals surface area contributed by atoms with Crippen molar-refractivity contribution in [3.05, 3.63) is 40.4 Å². The maximum atomic E-state index is 5.08. The van der Waals surface area contributed by atoms with Crippen LogP contribution >= 0.6 is 27.7 Å². The molecule has 1 aromatic rings. The minimum Gasteiger partial charge on any atom is -0.501 e. The Bertz CT molecular complexity index is 286. The Morgan fingerprint density at radius 1 is 1.46 bits per heavy atom. The van der Waals surface area contributed by atoms with Crippen molar-refractivity contribution in [1.82, 2.24) is 0 Å². The molecule has 70 valence electrons. The third kappa shape index (κ3) is 3.87. The van der Waals surface area contributed by atoms with Gasteiger partial charge in [0.25, 0.3) is 0 Å². The Hall–Kier alpha value is -0.410. The second kappa shape index (κ2) is 6.11. The molecule has 0 aliphatic rings. The third-order valence-electron chi connectivity index (χ3n) is 1.35. The number of thioether (sulfide) groups is 1. The van der Waals surface area contributed by atoms with Crippen LogP contribution in [0.1, 0.15) is 6.92 Å². The van der Waals surface area contributed by atoms with Crippen LogP contribution in [0, 0.1) is 0 Å². The van der Waals surface area contributed by atoms with Crippen molar-refractivity contribution in [3.8, 4) is 0 Å². The van der Waals surface area contributed by atoms with E-state index in [-0.39, 0.29) is 0 Å². The summed E-state index contributed by atoms with van der Waals surface area (Å²) in [7, 11) is 0. The van der Waals surface area contributed by atoms with Gasteiger partial charge < -0.3 is 4.74 Å². The van der Waals surface area contributed by atoms with E-state index in [0.29, 0.717) is 6.61 Å². The molecule has 0 aliphatic carbocycles. The van der Waals surface area contributed by atoms with Crippen LogP contribution in [0.25, 0.3) is 0 Å². The standard InChI is InChI=1S/C10H11BrOS/c1-2-12-7-8-13-10-6-4-3-5-9(10)11/h3-8H,2H2,1H3/b8-7+. The van der Waals surface area contributed by atoms with Crippen molar-refractivity contribution in [2.24, 2.45) is 0 Å². The van der Waals surface area contributed by atoms with Gasteiger partial charge in [0.15, 0.2) is 0 Å². The number of halogens is 1. The quantitative estimate of drug-likeness (QED) is 0.596. The van der Waals surface area contributed by atoms with Crippen LogP contribution < -0.4 is 0 Å². The number of benzene rings is 1. The average molecular weight is 259 g/mol. The topological polar surface area (TPSA) is 9.23 Å². The van der Waals surface area contributed by atoms with Crippen molar-refractivity contribution in [3.63, 3.8) is 0 Å². The van der Waals surface area contributed by atoms with E-state index >= 15 is 0 Å². The van der Waals surface area contributed by atoms with Crippen LogP contribution in [-0.2, 0) is 4.74 Å². The second-order valence-corrected chi connectivity index (χ2v) is 4.08. The number of hydrogen-bond acceptors (Lipinski definition) is 2. The summed E-state index contributed by atoms with van der Waals surface area (Å²) < 4.78 is 6.19. The molecule has 13 heavy (non-hydrogen) atoms. The SMILES string of the molecule is CCO/C=C/Sc1ccccc1Br. The normalized spacial score (nSPS) is 10.6. The van der Waals surface area contributed by atoms with Crippen molar-refractivity contribution in [2.75, 3.05) is 6.61 Å². The Labute approximate surface area is 91.3 Å². The fraction of sp³-hybridized carbons (Fsp3) is 0.200. The van der Waals surface area contributed by atoms with E-state index in [1.165, 1.54) is 4.90 Å². The monoisotopic (exact) mass is 258 g/mol. The molecule has 0 amide bonds. The molecule has 3 heteroatoms. The molecule has 0 fully saturated rings. The number of hydrogen-bond donors (Lipinski definition) is 0. The van der Waals surface area contributed by atoms with Crippen LogP contribution in [0.2, 0.25) is 0 Å². The van der Waals surface area contributed by atoms with Crippen LogP contribution in [0.3, 0.4) is 0 Å². The minimum absolute atomic E-state index is 0.715. The van der Waals surface area contributed by atoms with Crippen LogP contribution in [0.5, 0.6) is 0 Å². The fourth-order valence-electron chi connectivity index (χ4n) is 0.777. The second-order valence-electron chi connectivity index (χ2n) is 2.28. The summed E-state index contributed by atoms with van der Waals surface area (Å²) in [5.41, 5.74) is 0.